The summed E-state index contributed by atoms with van der Waals surface area (Å²) in [5, 5.41) is 3.93. The van der Waals surface area contributed by atoms with Crippen molar-refractivity contribution < 1.29 is 27.5 Å². The molecule has 3 aromatic rings. The second kappa shape index (κ2) is 8.97. The van der Waals surface area contributed by atoms with Crippen molar-refractivity contribution in [1.29, 1.82) is 0 Å². The molecule has 2 heterocycles. The number of rotatable bonds is 5. The number of ether oxygens (including phenoxy) is 1. The van der Waals surface area contributed by atoms with Crippen LogP contribution in [0.5, 0.6) is 11.6 Å². The summed E-state index contributed by atoms with van der Waals surface area (Å²) in [6.07, 6.45) is -3.77. The van der Waals surface area contributed by atoms with Crippen LogP contribution in [0.25, 0.3) is 0 Å². The minimum atomic E-state index is -4.46. The number of thiophene rings is 1. The molecule has 0 radical (unpaired) electrons. The van der Waals surface area contributed by atoms with E-state index in [9.17, 15) is 22.8 Å². The van der Waals surface area contributed by atoms with Crippen LogP contribution in [0.1, 0.15) is 15.2 Å². The lowest BCUT2D eigenvalue weighted by atomic mass is 10.3. The zero-order chi connectivity index (χ0) is 20.9. The minimum absolute atomic E-state index is 0.0167. The molecule has 29 heavy (non-hydrogen) atoms. The standard InChI is InChI=1S/C18H12F3N3O3S2/c19-18(20,21)11-3-8-15(22-10-11)27-12-4-6-13(7-5-12)29-24-17(26)23-16(25)14-2-1-9-28-14/h1-10H,(H2,23,24,25,26). The minimum Gasteiger partial charge on any atom is -0.439 e. The largest absolute Gasteiger partial charge is 0.439 e. The monoisotopic (exact) mass is 439 g/mol. The van der Waals surface area contributed by atoms with Gasteiger partial charge < -0.3 is 4.74 Å². The molecule has 3 amide bonds. The molecule has 0 aliphatic heterocycles. The number of amides is 3. The molecular weight excluding hydrogens is 427 g/mol. The number of hydrogen-bond acceptors (Lipinski definition) is 6. The maximum Gasteiger partial charge on any atom is 0.417 e. The molecule has 0 aliphatic rings. The summed E-state index contributed by atoms with van der Waals surface area (Å²) in [7, 11) is 0. The van der Waals surface area contributed by atoms with Gasteiger partial charge in [0, 0.05) is 17.2 Å². The number of nitrogens with one attached hydrogen (secondary N) is 2. The number of imide groups is 1. The van der Waals surface area contributed by atoms with E-state index in [4.69, 9.17) is 4.74 Å². The highest BCUT2D eigenvalue weighted by atomic mass is 32.2. The highest BCUT2D eigenvalue weighted by Gasteiger charge is 2.30. The second-order valence-corrected chi connectivity index (χ2v) is 7.25. The first kappa shape index (κ1) is 20.7. The summed E-state index contributed by atoms with van der Waals surface area (Å²) in [5.41, 5.74) is -0.862. The quantitative estimate of drug-likeness (QED) is 0.541. The van der Waals surface area contributed by atoms with Gasteiger partial charge in [-0.15, -0.1) is 11.3 Å². The normalized spacial score (nSPS) is 11.0. The number of benzene rings is 1. The molecule has 3 rings (SSSR count). The molecule has 0 unspecified atom stereocenters. The second-order valence-electron chi connectivity index (χ2n) is 5.42. The highest BCUT2D eigenvalue weighted by molar-refractivity contribution is 7.98. The predicted molar refractivity (Wildman–Crippen MR) is 102 cm³/mol. The Morgan fingerprint density at radius 3 is 2.41 bits per heavy atom. The molecule has 0 bridgehead atoms. The van der Waals surface area contributed by atoms with E-state index >= 15 is 0 Å². The van der Waals surface area contributed by atoms with E-state index in [0.717, 1.165) is 24.1 Å². The summed E-state index contributed by atoms with van der Waals surface area (Å²) >= 11 is 2.20. The molecule has 6 nitrogen and oxygen atoms in total. The maximum absolute atomic E-state index is 12.5. The number of urea groups is 1. The van der Waals surface area contributed by atoms with E-state index in [0.29, 0.717) is 21.7 Å². The maximum atomic E-state index is 12.5. The van der Waals surface area contributed by atoms with Crippen molar-refractivity contribution in [2.45, 2.75) is 11.1 Å². The van der Waals surface area contributed by atoms with E-state index in [1.54, 1.807) is 41.8 Å². The molecule has 0 saturated carbocycles. The van der Waals surface area contributed by atoms with E-state index in [1.807, 2.05) is 0 Å². The van der Waals surface area contributed by atoms with E-state index < -0.39 is 23.7 Å². The number of carbonyl (C=O) groups is 2. The summed E-state index contributed by atoms with van der Waals surface area (Å²) in [5.74, 6) is -0.118. The molecule has 0 atom stereocenters. The van der Waals surface area contributed by atoms with E-state index in [-0.39, 0.29) is 5.88 Å². The number of carbonyl (C=O) groups excluding carboxylic acids is 2. The van der Waals surface area contributed by atoms with Gasteiger partial charge in [-0.05, 0) is 53.7 Å². The van der Waals surface area contributed by atoms with E-state index in [1.165, 1.54) is 11.3 Å². The van der Waals surface area contributed by atoms with Crippen molar-refractivity contribution in [3.8, 4) is 11.6 Å². The molecule has 2 aromatic heterocycles. The Labute approximate surface area is 171 Å². The third-order valence-corrected chi connectivity index (χ3v) is 5.01. The Kier molecular flexibility index (Phi) is 6.39. The lowest BCUT2D eigenvalue weighted by Crippen LogP contribution is -2.35. The van der Waals surface area contributed by atoms with Crippen molar-refractivity contribution in [2.75, 3.05) is 0 Å². The summed E-state index contributed by atoms with van der Waals surface area (Å²) in [4.78, 5) is 28.2. The Morgan fingerprint density at radius 1 is 1.07 bits per heavy atom. The highest BCUT2D eigenvalue weighted by Crippen LogP contribution is 2.30. The first-order valence-electron chi connectivity index (χ1n) is 7.94. The molecule has 1 aromatic carbocycles. The fourth-order valence-electron chi connectivity index (χ4n) is 2.01. The Hall–Kier alpha value is -3.05. The molecule has 0 aliphatic carbocycles. The van der Waals surface area contributed by atoms with Gasteiger partial charge in [-0.2, -0.15) is 13.2 Å². The SMILES string of the molecule is O=C(NSc1ccc(Oc2ccc(C(F)(F)F)cn2)cc1)NC(=O)c1cccs1. The predicted octanol–water partition coefficient (Wildman–Crippen LogP) is 5.10. The first-order valence-corrected chi connectivity index (χ1v) is 9.64. The smallest absolute Gasteiger partial charge is 0.417 e. The van der Waals surface area contributed by atoms with Crippen LogP contribution < -0.4 is 14.8 Å². The Morgan fingerprint density at radius 2 is 1.83 bits per heavy atom. The first-order chi connectivity index (χ1) is 13.8. The molecule has 0 fully saturated rings. The fourth-order valence-corrected chi connectivity index (χ4v) is 3.16. The third-order valence-electron chi connectivity index (χ3n) is 3.34. The van der Waals surface area contributed by atoms with E-state index in [2.05, 4.69) is 15.0 Å². The summed E-state index contributed by atoms with van der Waals surface area (Å²) in [6.45, 7) is 0. The Balaban J connectivity index is 1.50. The molecule has 11 heteroatoms. The van der Waals surface area contributed by atoms with Gasteiger partial charge in [-0.3, -0.25) is 14.8 Å². The lowest BCUT2D eigenvalue weighted by Gasteiger charge is -2.09. The van der Waals surface area contributed by atoms with Gasteiger partial charge in [0.25, 0.3) is 5.91 Å². The average molecular weight is 439 g/mol. The zero-order valence-electron chi connectivity index (χ0n) is 14.4. The summed E-state index contributed by atoms with van der Waals surface area (Å²) < 4.78 is 45.4. The zero-order valence-corrected chi connectivity index (χ0v) is 16.0. The fraction of sp³-hybridized carbons (Fsp3) is 0.0556. The average Bonchev–Trinajstić information content (AvgIpc) is 3.22. The van der Waals surface area contributed by atoms with Crippen LogP contribution in [-0.2, 0) is 6.18 Å². The number of alkyl halides is 3. The topological polar surface area (TPSA) is 80.3 Å². The van der Waals surface area contributed by atoms with Gasteiger partial charge in [0.05, 0.1) is 10.4 Å². The van der Waals surface area contributed by atoms with Crippen LogP contribution in [0.2, 0.25) is 0 Å². The van der Waals surface area contributed by atoms with Gasteiger partial charge in [0.2, 0.25) is 5.88 Å². The van der Waals surface area contributed by atoms with Crippen molar-refractivity contribution in [3.63, 3.8) is 0 Å². The van der Waals surface area contributed by atoms with Crippen LogP contribution in [0.3, 0.4) is 0 Å². The number of pyridine rings is 1. The lowest BCUT2D eigenvalue weighted by molar-refractivity contribution is -0.137. The van der Waals surface area contributed by atoms with Crippen LogP contribution >= 0.6 is 23.3 Å². The number of halogens is 3. The molecule has 150 valence electrons. The number of aromatic nitrogens is 1. The van der Waals surface area contributed by atoms with Gasteiger partial charge in [0.1, 0.15) is 5.75 Å². The van der Waals surface area contributed by atoms with Crippen molar-refractivity contribution >= 4 is 35.2 Å². The van der Waals surface area contributed by atoms with Gasteiger partial charge in [-0.1, -0.05) is 6.07 Å². The molecule has 2 N–H and O–H groups in total. The van der Waals surface area contributed by atoms with Crippen molar-refractivity contribution in [3.05, 3.63) is 70.5 Å². The summed E-state index contributed by atoms with van der Waals surface area (Å²) in [6, 6.07) is 11.0. The number of nitrogens with zero attached hydrogens (tertiary/aromatic N) is 1. The van der Waals surface area contributed by atoms with Crippen LogP contribution in [-0.4, -0.2) is 16.9 Å². The van der Waals surface area contributed by atoms with Crippen LogP contribution in [0, 0.1) is 0 Å². The van der Waals surface area contributed by atoms with Gasteiger partial charge in [-0.25, -0.2) is 9.78 Å². The molecule has 0 spiro atoms. The van der Waals surface area contributed by atoms with Crippen molar-refractivity contribution in [1.82, 2.24) is 15.0 Å². The van der Waals surface area contributed by atoms with Gasteiger partial charge >= 0.3 is 12.2 Å². The Bertz CT molecular complexity index is 976. The van der Waals surface area contributed by atoms with Crippen LogP contribution in [0.15, 0.2) is 65.0 Å². The molecular formula is C18H12F3N3O3S2. The molecule has 0 saturated heterocycles. The van der Waals surface area contributed by atoms with Crippen LogP contribution in [0.4, 0.5) is 18.0 Å². The third kappa shape index (κ3) is 5.96. The number of hydrogen-bond donors (Lipinski definition) is 2. The van der Waals surface area contributed by atoms with Crippen molar-refractivity contribution in [2.24, 2.45) is 0 Å². The van der Waals surface area contributed by atoms with Gasteiger partial charge in [0.15, 0.2) is 0 Å².